The molecule has 2 heteroatoms. The van der Waals surface area contributed by atoms with Gasteiger partial charge in [-0.3, -0.25) is 0 Å². The molecular formula is C43H26N2. The lowest BCUT2D eigenvalue weighted by Crippen LogP contribution is -1.93. The maximum Gasteiger partial charge on any atom is 0.0794 e. The van der Waals surface area contributed by atoms with E-state index in [1.54, 1.807) is 0 Å². The van der Waals surface area contributed by atoms with Crippen molar-refractivity contribution in [2.75, 3.05) is 0 Å². The van der Waals surface area contributed by atoms with E-state index < -0.39 is 0 Å². The summed E-state index contributed by atoms with van der Waals surface area (Å²) in [6.07, 6.45) is 0. The van der Waals surface area contributed by atoms with E-state index in [4.69, 9.17) is 4.98 Å². The maximum atomic E-state index is 5.32. The number of hydrogen-bond donors (Lipinski definition) is 0. The van der Waals surface area contributed by atoms with Crippen molar-refractivity contribution in [3.63, 3.8) is 0 Å². The van der Waals surface area contributed by atoms with Crippen LogP contribution < -0.4 is 0 Å². The van der Waals surface area contributed by atoms with Gasteiger partial charge in [0.1, 0.15) is 0 Å². The Balaban J connectivity index is 1.15. The van der Waals surface area contributed by atoms with Gasteiger partial charge >= 0.3 is 0 Å². The van der Waals surface area contributed by atoms with Crippen molar-refractivity contribution < 1.29 is 0 Å². The van der Waals surface area contributed by atoms with Crippen LogP contribution in [0, 0.1) is 0 Å². The van der Waals surface area contributed by atoms with Gasteiger partial charge in [0.25, 0.3) is 0 Å². The summed E-state index contributed by atoms with van der Waals surface area (Å²) in [5, 5.41) is 7.54. The molecule has 0 saturated carbocycles. The second-order valence-electron chi connectivity index (χ2n) is 11.9. The van der Waals surface area contributed by atoms with E-state index >= 15 is 0 Å². The van der Waals surface area contributed by atoms with Crippen LogP contribution in [-0.4, -0.2) is 9.55 Å². The first-order chi connectivity index (χ1) is 22.3. The molecule has 7 aromatic carbocycles. The van der Waals surface area contributed by atoms with Crippen molar-refractivity contribution in [3.8, 4) is 50.5 Å². The number of fused-ring (bicyclic) bond motifs is 7. The van der Waals surface area contributed by atoms with Crippen LogP contribution in [0.5, 0.6) is 0 Å². The van der Waals surface area contributed by atoms with Gasteiger partial charge < -0.3 is 4.57 Å². The first-order valence-electron chi connectivity index (χ1n) is 15.5. The van der Waals surface area contributed by atoms with Crippen molar-refractivity contribution in [3.05, 3.63) is 158 Å². The highest BCUT2D eigenvalue weighted by molar-refractivity contribution is 6.15. The van der Waals surface area contributed by atoms with Gasteiger partial charge in [0.15, 0.2) is 0 Å². The molecule has 1 aliphatic carbocycles. The summed E-state index contributed by atoms with van der Waals surface area (Å²) in [5.74, 6) is 0. The molecule has 0 bridgehead atoms. The predicted octanol–water partition coefficient (Wildman–Crippen LogP) is 11.5. The number of para-hydroxylation sites is 2. The van der Waals surface area contributed by atoms with Gasteiger partial charge in [-0.25, -0.2) is 4.98 Å². The molecule has 2 heterocycles. The number of pyridine rings is 1. The second-order valence-corrected chi connectivity index (χ2v) is 11.9. The lowest BCUT2D eigenvalue weighted by Gasteiger charge is -2.13. The minimum atomic E-state index is 1.00. The van der Waals surface area contributed by atoms with E-state index in [1.165, 1.54) is 76.9 Å². The zero-order chi connectivity index (χ0) is 29.5. The molecule has 0 aliphatic heterocycles. The summed E-state index contributed by atoms with van der Waals surface area (Å²) in [5.41, 5.74) is 13.0. The Morgan fingerprint density at radius 3 is 1.91 bits per heavy atom. The molecule has 9 aromatic rings. The van der Waals surface area contributed by atoms with Crippen LogP contribution in [0.1, 0.15) is 0 Å². The van der Waals surface area contributed by atoms with Crippen LogP contribution in [0.2, 0.25) is 0 Å². The Labute approximate surface area is 260 Å². The fourth-order valence-electron chi connectivity index (χ4n) is 7.56. The largest absolute Gasteiger partial charge is 0.309 e. The van der Waals surface area contributed by atoms with E-state index in [0.29, 0.717) is 0 Å². The minimum absolute atomic E-state index is 1.00. The SMILES string of the molecule is c1ccc(-n2c3ccccc3c3cc(-c4ccc(-c5ccc6c(n5)-c5cccc7cccc-6c57)c5ccccc45)ccc32)cc1. The van der Waals surface area contributed by atoms with Crippen LogP contribution >= 0.6 is 0 Å². The number of rotatable bonds is 3. The molecule has 0 radical (unpaired) electrons. The fraction of sp³-hybridized carbons (Fsp3) is 0. The summed E-state index contributed by atoms with van der Waals surface area (Å²) >= 11 is 0. The van der Waals surface area contributed by atoms with Gasteiger partial charge in [-0.15, -0.1) is 0 Å². The molecule has 208 valence electrons. The predicted molar refractivity (Wildman–Crippen MR) is 189 cm³/mol. The molecule has 2 aromatic heterocycles. The van der Waals surface area contributed by atoms with Crippen LogP contribution in [0.4, 0.5) is 0 Å². The molecule has 0 amide bonds. The average Bonchev–Trinajstić information content (AvgIpc) is 3.61. The number of nitrogens with zero attached hydrogens (tertiary/aromatic N) is 2. The third-order valence-electron chi connectivity index (χ3n) is 9.54. The van der Waals surface area contributed by atoms with Gasteiger partial charge in [0, 0.05) is 33.2 Å². The zero-order valence-corrected chi connectivity index (χ0v) is 24.4. The Morgan fingerprint density at radius 2 is 1.07 bits per heavy atom. The molecule has 0 saturated heterocycles. The minimum Gasteiger partial charge on any atom is -0.309 e. The monoisotopic (exact) mass is 570 g/mol. The Morgan fingerprint density at radius 1 is 0.400 bits per heavy atom. The topological polar surface area (TPSA) is 17.8 Å². The fourth-order valence-corrected chi connectivity index (χ4v) is 7.56. The first kappa shape index (κ1) is 24.5. The van der Waals surface area contributed by atoms with Crippen molar-refractivity contribution in [1.29, 1.82) is 0 Å². The Kier molecular flexibility index (Phi) is 5.03. The van der Waals surface area contributed by atoms with E-state index in [2.05, 4.69) is 162 Å². The maximum absolute atomic E-state index is 5.32. The van der Waals surface area contributed by atoms with Crippen molar-refractivity contribution in [1.82, 2.24) is 9.55 Å². The molecule has 10 rings (SSSR count). The molecule has 45 heavy (non-hydrogen) atoms. The van der Waals surface area contributed by atoms with Gasteiger partial charge in [-0.05, 0) is 80.7 Å². The highest BCUT2D eigenvalue weighted by Gasteiger charge is 2.23. The van der Waals surface area contributed by atoms with Gasteiger partial charge in [0.2, 0.25) is 0 Å². The van der Waals surface area contributed by atoms with Crippen LogP contribution in [0.3, 0.4) is 0 Å². The van der Waals surface area contributed by atoms with Crippen molar-refractivity contribution in [2.24, 2.45) is 0 Å². The summed E-state index contributed by atoms with van der Waals surface area (Å²) in [7, 11) is 0. The molecule has 0 N–H and O–H groups in total. The van der Waals surface area contributed by atoms with Crippen molar-refractivity contribution >= 4 is 43.4 Å². The quantitative estimate of drug-likeness (QED) is 0.207. The van der Waals surface area contributed by atoms with Crippen LogP contribution in [0.15, 0.2) is 158 Å². The van der Waals surface area contributed by atoms with Gasteiger partial charge in [0.05, 0.1) is 22.4 Å². The second kappa shape index (κ2) is 9.25. The van der Waals surface area contributed by atoms with Crippen LogP contribution in [-0.2, 0) is 0 Å². The smallest absolute Gasteiger partial charge is 0.0794 e. The summed E-state index contributed by atoms with van der Waals surface area (Å²) in [4.78, 5) is 5.32. The van der Waals surface area contributed by atoms with Gasteiger partial charge in [-0.1, -0.05) is 115 Å². The molecule has 1 aliphatic rings. The normalized spacial score (nSPS) is 12.0. The van der Waals surface area contributed by atoms with Crippen molar-refractivity contribution in [2.45, 2.75) is 0 Å². The highest BCUT2D eigenvalue weighted by Crippen LogP contribution is 2.47. The van der Waals surface area contributed by atoms with E-state index in [9.17, 15) is 0 Å². The molecular weight excluding hydrogens is 544 g/mol. The number of hydrogen-bond acceptors (Lipinski definition) is 1. The van der Waals surface area contributed by atoms with E-state index in [-0.39, 0.29) is 0 Å². The summed E-state index contributed by atoms with van der Waals surface area (Å²) in [6.45, 7) is 0. The highest BCUT2D eigenvalue weighted by atomic mass is 15.0. The number of aromatic nitrogens is 2. The molecule has 0 unspecified atom stereocenters. The average molecular weight is 571 g/mol. The van der Waals surface area contributed by atoms with E-state index in [1.807, 2.05) is 0 Å². The molecule has 2 nitrogen and oxygen atoms in total. The zero-order valence-electron chi connectivity index (χ0n) is 24.4. The molecule has 0 atom stereocenters. The Bertz CT molecular complexity index is 2640. The standard InChI is InChI=1S/C43H26N2/c1-2-12-29(13-3-1)45-40-19-7-6-16-34(40)38-26-28(20-25-41(38)45)30-21-22-33(32-15-5-4-14-31(30)32)39-24-23-36-35-17-8-10-27-11-9-18-37(42(27)35)43(36)44-39/h1-26H. The number of benzene rings is 7. The lowest BCUT2D eigenvalue weighted by atomic mass is 9.92. The first-order valence-corrected chi connectivity index (χ1v) is 15.5. The lowest BCUT2D eigenvalue weighted by molar-refractivity contribution is 1.18. The van der Waals surface area contributed by atoms with Crippen LogP contribution in [0.25, 0.3) is 93.8 Å². The third kappa shape index (κ3) is 3.48. The summed E-state index contributed by atoms with van der Waals surface area (Å²) < 4.78 is 2.37. The third-order valence-corrected chi connectivity index (χ3v) is 9.54. The Hall–Kier alpha value is -5.99. The van der Waals surface area contributed by atoms with Gasteiger partial charge in [-0.2, -0.15) is 0 Å². The summed E-state index contributed by atoms with van der Waals surface area (Å²) in [6, 6.07) is 57.1. The molecule has 0 spiro atoms. The van der Waals surface area contributed by atoms with E-state index in [0.717, 1.165) is 17.0 Å². The molecule has 0 fully saturated rings.